The van der Waals surface area contributed by atoms with Crippen molar-refractivity contribution in [3.63, 3.8) is 0 Å². The minimum Gasteiger partial charge on any atom is -0.394 e. The van der Waals surface area contributed by atoms with Crippen molar-refractivity contribution in [1.29, 1.82) is 0 Å². The smallest absolute Gasteiger partial charge is 0.225 e. The summed E-state index contributed by atoms with van der Waals surface area (Å²) in [6.45, 7) is 2.16. The molecule has 0 bridgehead atoms. The Kier molecular flexibility index (Phi) is 3.80. The highest BCUT2D eigenvalue weighted by molar-refractivity contribution is 5.76. The van der Waals surface area contributed by atoms with Gasteiger partial charge in [-0.3, -0.25) is 4.79 Å². The van der Waals surface area contributed by atoms with Gasteiger partial charge in [-0.25, -0.2) is 4.98 Å². The lowest BCUT2D eigenvalue weighted by Gasteiger charge is -2.28. The first kappa shape index (κ1) is 14.9. The summed E-state index contributed by atoms with van der Waals surface area (Å²) in [5.74, 6) is 1.10. The van der Waals surface area contributed by atoms with Crippen LogP contribution in [-0.2, 0) is 4.79 Å². The molecule has 120 valence electrons. The summed E-state index contributed by atoms with van der Waals surface area (Å²) in [5.41, 5.74) is 12.0. The van der Waals surface area contributed by atoms with Gasteiger partial charge in [0.1, 0.15) is 0 Å². The van der Waals surface area contributed by atoms with Crippen LogP contribution in [0.15, 0.2) is 6.20 Å². The van der Waals surface area contributed by atoms with Crippen molar-refractivity contribution in [2.75, 3.05) is 16.4 Å². The van der Waals surface area contributed by atoms with Crippen LogP contribution in [0.2, 0.25) is 0 Å². The number of primary amides is 1. The number of aromatic nitrogens is 2. The molecular formula is C15H24N6O. The number of carbonyl (C=O) groups excluding carboxylic acids is 1. The molecule has 6 N–H and O–H groups in total. The second-order valence-corrected chi connectivity index (χ2v) is 6.78. The van der Waals surface area contributed by atoms with E-state index in [-0.39, 0.29) is 23.4 Å². The summed E-state index contributed by atoms with van der Waals surface area (Å²) >= 11 is 0. The number of nitrogens with two attached hydrogens (primary N) is 2. The van der Waals surface area contributed by atoms with Gasteiger partial charge >= 0.3 is 0 Å². The first-order valence-electron chi connectivity index (χ1n) is 7.92. The third-order valence-electron chi connectivity index (χ3n) is 4.70. The normalized spacial score (nSPS) is 26.2. The Bertz CT molecular complexity index is 563. The third-order valence-corrected chi connectivity index (χ3v) is 4.70. The quantitative estimate of drug-likeness (QED) is 0.654. The van der Waals surface area contributed by atoms with Gasteiger partial charge in [-0.15, -0.1) is 0 Å². The lowest BCUT2D eigenvalue weighted by Crippen LogP contribution is -2.33. The average Bonchev–Trinajstić information content (AvgIpc) is 3.20. The highest BCUT2D eigenvalue weighted by Gasteiger charge is 2.38. The van der Waals surface area contributed by atoms with Gasteiger partial charge < -0.3 is 22.1 Å². The molecule has 7 heteroatoms. The molecule has 0 spiro atoms. The molecule has 0 atom stereocenters. The van der Waals surface area contributed by atoms with Crippen LogP contribution in [0.4, 0.5) is 17.5 Å². The predicted octanol–water partition coefficient (Wildman–Crippen LogP) is 1.48. The van der Waals surface area contributed by atoms with Crippen LogP contribution >= 0.6 is 0 Å². The van der Waals surface area contributed by atoms with Crippen LogP contribution in [0.5, 0.6) is 0 Å². The van der Waals surface area contributed by atoms with E-state index in [2.05, 4.69) is 27.5 Å². The summed E-state index contributed by atoms with van der Waals surface area (Å²) in [6, 6.07) is 0.275. The highest BCUT2D eigenvalue weighted by Crippen LogP contribution is 2.37. The molecule has 7 nitrogen and oxygen atoms in total. The Morgan fingerprint density at radius 2 is 2.00 bits per heavy atom. The third kappa shape index (κ3) is 3.40. The van der Waals surface area contributed by atoms with Crippen LogP contribution in [-0.4, -0.2) is 27.5 Å². The Hall–Kier alpha value is -2.05. The monoisotopic (exact) mass is 304 g/mol. The first-order valence-corrected chi connectivity index (χ1v) is 7.92. The van der Waals surface area contributed by atoms with Crippen molar-refractivity contribution < 1.29 is 4.79 Å². The van der Waals surface area contributed by atoms with E-state index < -0.39 is 0 Å². The zero-order valence-corrected chi connectivity index (χ0v) is 12.9. The molecule has 2 aliphatic rings. The lowest BCUT2D eigenvalue weighted by atomic mass is 9.85. The number of nitrogens with zero attached hydrogens (tertiary/aromatic N) is 2. The van der Waals surface area contributed by atoms with Crippen molar-refractivity contribution in [1.82, 2.24) is 9.97 Å². The molecular weight excluding hydrogens is 280 g/mol. The summed E-state index contributed by atoms with van der Waals surface area (Å²) in [4.78, 5) is 19.9. The summed E-state index contributed by atoms with van der Waals surface area (Å²) in [7, 11) is 0. The fourth-order valence-electron chi connectivity index (χ4n) is 2.87. The van der Waals surface area contributed by atoms with E-state index in [1.807, 2.05) is 0 Å². The topological polar surface area (TPSA) is 119 Å². The van der Waals surface area contributed by atoms with Gasteiger partial charge in [-0.05, 0) is 45.4 Å². The molecule has 3 rings (SSSR count). The zero-order chi connectivity index (χ0) is 15.7. The van der Waals surface area contributed by atoms with Gasteiger partial charge in [0, 0.05) is 17.5 Å². The molecule has 0 radical (unpaired) electrons. The molecule has 1 heterocycles. The fourth-order valence-corrected chi connectivity index (χ4v) is 2.87. The maximum absolute atomic E-state index is 11.2. The molecule has 0 saturated heterocycles. The van der Waals surface area contributed by atoms with Gasteiger partial charge in [-0.2, -0.15) is 4.98 Å². The van der Waals surface area contributed by atoms with E-state index in [0.717, 1.165) is 38.5 Å². The number of hydrogen-bond donors (Lipinski definition) is 4. The molecule has 1 aromatic heterocycles. The molecule has 0 aromatic carbocycles. The molecule has 2 fully saturated rings. The maximum Gasteiger partial charge on any atom is 0.225 e. The Balaban J connectivity index is 1.62. The van der Waals surface area contributed by atoms with E-state index in [0.29, 0.717) is 17.5 Å². The number of hydrogen-bond acceptors (Lipinski definition) is 6. The first-order chi connectivity index (χ1) is 10.5. The van der Waals surface area contributed by atoms with Gasteiger partial charge in [0.25, 0.3) is 0 Å². The van der Waals surface area contributed by atoms with Crippen molar-refractivity contribution in [3.05, 3.63) is 6.20 Å². The van der Waals surface area contributed by atoms with E-state index in [9.17, 15) is 4.79 Å². The zero-order valence-electron chi connectivity index (χ0n) is 12.9. The Morgan fingerprint density at radius 3 is 2.59 bits per heavy atom. The Labute approximate surface area is 130 Å². The molecule has 0 aliphatic heterocycles. The second-order valence-electron chi connectivity index (χ2n) is 6.78. The molecule has 1 amide bonds. The summed E-state index contributed by atoms with van der Waals surface area (Å²) in [5, 5.41) is 6.73. The molecule has 2 aliphatic carbocycles. The lowest BCUT2D eigenvalue weighted by molar-refractivity contribution is -0.122. The van der Waals surface area contributed by atoms with Gasteiger partial charge in [0.15, 0.2) is 5.82 Å². The summed E-state index contributed by atoms with van der Waals surface area (Å²) < 4.78 is 0. The molecule has 22 heavy (non-hydrogen) atoms. The standard InChI is InChI=1S/C15H24N6O/c1-15(6-7-15)21-14-18-8-11(16)13(20-14)19-10-4-2-9(3-5-10)12(17)22/h8-10H,2-7,16H2,1H3,(H2,17,22)(H2,18,19,20,21). The van der Waals surface area contributed by atoms with E-state index in [1.54, 1.807) is 6.20 Å². The second kappa shape index (κ2) is 5.62. The number of anilines is 3. The highest BCUT2D eigenvalue weighted by atomic mass is 16.1. The van der Waals surface area contributed by atoms with Gasteiger partial charge in [0.05, 0.1) is 11.9 Å². The predicted molar refractivity (Wildman–Crippen MR) is 86.3 cm³/mol. The molecule has 1 aromatic rings. The number of rotatable bonds is 5. The van der Waals surface area contributed by atoms with Gasteiger partial charge in [-0.1, -0.05) is 0 Å². The van der Waals surface area contributed by atoms with Gasteiger partial charge in [0.2, 0.25) is 11.9 Å². The minimum atomic E-state index is -0.191. The van der Waals surface area contributed by atoms with Crippen molar-refractivity contribution in [2.24, 2.45) is 11.7 Å². The number of nitrogens with one attached hydrogen (secondary N) is 2. The maximum atomic E-state index is 11.2. The van der Waals surface area contributed by atoms with E-state index >= 15 is 0 Å². The largest absolute Gasteiger partial charge is 0.394 e. The van der Waals surface area contributed by atoms with Crippen molar-refractivity contribution in [3.8, 4) is 0 Å². The fraction of sp³-hybridized carbons (Fsp3) is 0.667. The van der Waals surface area contributed by atoms with Crippen LogP contribution in [0.3, 0.4) is 0 Å². The number of amides is 1. The molecule has 0 unspecified atom stereocenters. The van der Waals surface area contributed by atoms with Crippen molar-refractivity contribution in [2.45, 2.75) is 57.0 Å². The minimum absolute atomic E-state index is 0.00726. The Morgan fingerprint density at radius 1 is 1.32 bits per heavy atom. The van der Waals surface area contributed by atoms with E-state index in [1.165, 1.54) is 0 Å². The van der Waals surface area contributed by atoms with E-state index in [4.69, 9.17) is 11.5 Å². The number of nitrogen functional groups attached to an aromatic ring is 1. The van der Waals surface area contributed by atoms with Crippen LogP contribution in [0.25, 0.3) is 0 Å². The van der Waals surface area contributed by atoms with Crippen molar-refractivity contribution >= 4 is 23.4 Å². The van der Waals surface area contributed by atoms with Crippen LogP contribution in [0, 0.1) is 5.92 Å². The number of carbonyl (C=O) groups is 1. The van der Waals surface area contributed by atoms with Crippen LogP contribution in [0.1, 0.15) is 45.4 Å². The average molecular weight is 304 g/mol. The SMILES string of the molecule is CC1(Nc2ncc(N)c(NC3CCC(C(N)=O)CC3)n2)CC1. The summed E-state index contributed by atoms with van der Waals surface area (Å²) in [6.07, 6.45) is 7.36. The van der Waals surface area contributed by atoms with Crippen LogP contribution < -0.4 is 22.1 Å². The molecule has 2 saturated carbocycles.